The standard InChI is InChI=1S/C11H17NO3S2/c1-11(2,8-3-4-8)12-17(14,15)10-5-9(6-13)16-7-10/h5,7-8,12-13H,3-4,6H2,1-2H3. The second-order valence-corrected chi connectivity index (χ2v) is 7.69. The van der Waals surface area contributed by atoms with Gasteiger partial charge in [-0.3, -0.25) is 0 Å². The second kappa shape index (κ2) is 4.35. The minimum Gasteiger partial charge on any atom is -0.391 e. The summed E-state index contributed by atoms with van der Waals surface area (Å²) >= 11 is 1.26. The van der Waals surface area contributed by atoms with E-state index in [0.717, 1.165) is 12.8 Å². The van der Waals surface area contributed by atoms with Gasteiger partial charge < -0.3 is 5.11 Å². The minimum atomic E-state index is -3.46. The highest BCUT2D eigenvalue weighted by atomic mass is 32.2. The fourth-order valence-electron chi connectivity index (χ4n) is 1.88. The zero-order valence-corrected chi connectivity index (χ0v) is 11.6. The summed E-state index contributed by atoms with van der Waals surface area (Å²) in [5.74, 6) is 0.438. The van der Waals surface area contributed by atoms with Crippen molar-refractivity contribution in [1.29, 1.82) is 0 Å². The van der Waals surface area contributed by atoms with Gasteiger partial charge in [0.15, 0.2) is 0 Å². The fraction of sp³-hybridized carbons (Fsp3) is 0.636. The summed E-state index contributed by atoms with van der Waals surface area (Å²) in [6.45, 7) is 3.72. The average Bonchev–Trinajstić information content (AvgIpc) is 2.95. The molecule has 1 fully saturated rings. The number of thiophene rings is 1. The van der Waals surface area contributed by atoms with Gasteiger partial charge in [0.25, 0.3) is 0 Å². The van der Waals surface area contributed by atoms with Crippen LogP contribution in [-0.4, -0.2) is 19.1 Å². The Hall–Kier alpha value is -0.430. The van der Waals surface area contributed by atoms with Crippen LogP contribution in [0.4, 0.5) is 0 Å². The van der Waals surface area contributed by atoms with Gasteiger partial charge in [0.2, 0.25) is 10.0 Å². The van der Waals surface area contributed by atoms with Crippen LogP contribution in [0.3, 0.4) is 0 Å². The molecule has 2 rings (SSSR count). The molecule has 0 unspecified atom stereocenters. The SMILES string of the molecule is CC(C)(NS(=O)(=O)c1csc(CO)c1)C1CC1. The van der Waals surface area contributed by atoms with E-state index in [1.165, 1.54) is 17.4 Å². The van der Waals surface area contributed by atoms with Gasteiger partial charge in [-0.15, -0.1) is 11.3 Å². The van der Waals surface area contributed by atoms with Crippen LogP contribution in [0.5, 0.6) is 0 Å². The Morgan fingerprint density at radius 3 is 2.65 bits per heavy atom. The predicted octanol–water partition coefficient (Wildman–Crippen LogP) is 1.71. The Morgan fingerprint density at radius 2 is 2.18 bits per heavy atom. The van der Waals surface area contributed by atoms with E-state index in [2.05, 4.69) is 4.72 Å². The predicted molar refractivity (Wildman–Crippen MR) is 67.4 cm³/mol. The van der Waals surface area contributed by atoms with Gasteiger partial charge in [-0.25, -0.2) is 13.1 Å². The van der Waals surface area contributed by atoms with E-state index < -0.39 is 10.0 Å². The highest BCUT2D eigenvalue weighted by molar-refractivity contribution is 7.89. The summed E-state index contributed by atoms with van der Waals surface area (Å²) in [7, 11) is -3.46. The lowest BCUT2D eigenvalue weighted by Crippen LogP contribution is -2.44. The molecule has 0 saturated heterocycles. The summed E-state index contributed by atoms with van der Waals surface area (Å²) in [6.07, 6.45) is 2.17. The lowest BCUT2D eigenvalue weighted by atomic mass is 10.0. The topological polar surface area (TPSA) is 66.4 Å². The number of hydrogen-bond acceptors (Lipinski definition) is 4. The van der Waals surface area contributed by atoms with E-state index in [1.54, 1.807) is 5.38 Å². The van der Waals surface area contributed by atoms with Crippen molar-refractivity contribution >= 4 is 21.4 Å². The van der Waals surface area contributed by atoms with Crippen LogP contribution in [0.15, 0.2) is 16.3 Å². The zero-order valence-electron chi connectivity index (χ0n) is 9.93. The molecule has 1 aliphatic carbocycles. The van der Waals surface area contributed by atoms with Crippen molar-refractivity contribution in [1.82, 2.24) is 4.72 Å². The molecule has 1 heterocycles. The van der Waals surface area contributed by atoms with Crippen molar-refractivity contribution < 1.29 is 13.5 Å². The van der Waals surface area contributed by atoms with Crippen LogP contribution in [0.1, 0.15) is 31.6 Å². The first kappa shape index (κ1) is 13.0. The molecule has 6 heteroatoms. The normalized spacial score (nSPS) is 17.4. The maximum atomic E-state index is 12.1. The lowest BCUT2D eigenvalue weighted by Gasteiger charge is -2.25. The minimum absolute atomic E-state index is 0.119. The molecule has 2 N–H and O–H groups in total. The Morgan fingerprint density at radius 1 is 1.53 bits per heavy atom. The molecule has 96 valence electrons. The van der Waals surface area contributed by atoms with E-state index in [-0.39, 0.29) is 17.0 Å². The Kier molecular flexibility index (Phi) is 3.33. The van der Waals surface area contributed by atoms with Crippen molar-refractivity contribution in [2.24, 2.45) is 5.92 Å². The summed E-state index contributed by atoms with van der Waals surface area (Å²) in [5, 5.41) is 10.5. The fourth-order valence-corrected chi connectivity index (χ4v) is 4.48. The average molecular weight is 275 g/mol. The molecule has 0 aliphatic heterocycles. The summed E-state index contributed by atoms with van der Waals surface area (Å²) in [6, 6.07) is 1.52. The summed E-state index contributed by atoms with van der Waals surface area (Å²) in [4.78, 5) is 0.912. The molecule has 0 amide bonds. The number of aliphatic hydroxyl groups is 1. The van der Waals surface area contributed by atoms with Gasteiger partial charge in [0, 0.05) is 15.8 Å². The van der Waals surface area contributed by atoms with E-state index in [4.69, 9.17) is 5.11 Å². The van der Waals surface area contributed by atoms with E-state index >= 15 is 0 Å². The zero-order chi connectivity index (χ0) is 12.7. The van der Waals surface area contributed by atoms with Crippen LogP contribution >= 0.6 is 11.3 Å². The summed E-state index contributed by atoms with van der Waals surface area (Å²) in [5.41, 5.74) is -0.389. The largest absolute Gasteiger partial charge is 0.391 e. The number of sulfonamides is 1. The molecule has 0 aromatic carbocycles. The molecule has 1 aliphatic rings. The van der Waals surface area contributed by atoms with Crippen molar-refractivity contribution in [2.75, 3.05) is 0 Å². The monoisotopic (exact) mass is 275 g/mol. The highest BCUT2D eigenvalue weighted by Gasteiger charge is 2.40. The number of nitrogens with one attached hydrogen (secondary N) is 1. The van der Waals surface area contributed by atoms with Gasteiger partial charge >= 0.3 is 0 Å². The van der Waals surface area contributed by atoms with Gasteiger partial charge in [-0.05, 0) is 38.7 Å². The molecule has 0 spiro atoms. The van der Waals surface area contributed by atoms with Crippen LogP contribution in [0.25, 0.3) is 0 Å². The van der Waals surface area contributed by atoms with Crippen molar-refractivity contribution in [2.45, 2.75) is 43.7 Å². The molecule has 1 saturated carbocycles. The first-order chi connectivity index (χ1) is 7.85. The van der Waals surface area contributed by atoms with Crippen molar-refractivity contribution in [3.63, 3.8) is 0 Å². The Labute approximate surface area is 106 Å². The third kappa shape index (κ3) is 2.88. The van der Waals surface area contributed by atoms with Crippen LogP contribution < -0.4 is 4.72 Å². The summed E-state index contributed by atoms with van der Waals surface area (Å²) < 4.78 is 27.0. The van der Waals surface area contributed by atoms with Crippen molar-refractivity contribution in [3.05, 3.63) is 16.3 Å². The number of hydrogen-bond donors (Lipinski definition) is 2. The Bertz CT molecular complexity index is 501. The van der Waals surface area contributed by atoms with Crippen LogP contribution in [0.2, 0.25) is 0 Å². The second-order valence-electron chi connectivity index (χ2n) is 5.01. The molecular formula is C11H17NO3S2. The molecular weight excluding hydrogens is 258 g/mol. The quantitative estimate of drug-likeness (QED) is 0.859. The van der Waals surface area contributed by atoms with E-state index in [1.807, 2.05) is 13.8 Å². The maximum absolute atomic E-state index is 12.1. The van der Waals surface area contributed by atoms with E-state index in [9.17, 15) is 8.42 Å². The van der Waals surface area contributed by atoms with Crippen LogP contribution in [0, 0.1) is 5.92 Å². The third-order valence-corrected chi connectivity index (χ3v) is 5.81. The molecule has 17 heavy (non-hydrogen) atoms. The number of rotatable bonds is 5. The maximum Gasteiger partial charge on any atom is 0.241 e. The van der Waals surface area contributed by atoms with Crippen LogP contribution in [-0.2, 0) is 16.6 Å². The first-order valence-electron chi connectivity index (χ1n) is 5.57. The molecule has 4 nitrogen and oxygen atoms in total. The van der Waals surface area contributed by atoms with Crippen molar-refractivity contribution in [3.8, 4) is 0 Å². The smallest absolute Gasteiger partial charge is 0.241 e. The van der Waals surface area contributed by atoms with E-state index in [0.29, 0.717) is 10.8 Å². The molecule has 0 atom stereocenters. The molecule has 0 radical (unpaired) electrons. The van der Waals surface area contributed by atoms with Gasteiger partial charge in [0.1, 0.15) is 0 Å². The number of aliphatic hydroxyl groups excluding tert-OH is 1. The van der Waals surface area contributed by atoms with Gasteiger partial charge in [-0.2, -0.15) is 0 Å². The third-order valence-electron chi connectivity index (χ3n) is 3.09. The molecule has 1 aromatic heterocycles. The lowest BCUT2D eigenvalue weighted by molar-refractivity contribution is 0.285. The van der Waals surface area contributed by atoms with Gasteiger partial charge in [0.05, 0.1) is 11.5 Å². The van der Waals surface area contributed by atoms with Gasteiger partial charge in [-0.1, -0.05) is 0 Å². The Balaban J connectivity index is 2.18. The highest BCUT2D eigenvalue weighted by Crippen LogP contribution is 2.40. The first-order valence-corrected chi connectivity index (χ1v) is 7.94. The molecule has 1 aromatic rings. The molecule has 0 bridgehead atoms.